The topological polar surface area (TPSA) is 69.1 Å². The van der Waals surface area contributed by atoms with E-state index in [0.717, 1.165) is 24.1 Å². The first-order chi connectivity index (χ1) is 16.7. The van der Waals surface area contributed by atoms with Gasteiger partial charge in [-0.1, -0.05) is 0 Å². The van der Waals surface area contributed by atoms with Gasteiger partial charge in [0.05, 0.1) is 24.8 Å². The van der Waals surface area contributed by atoms with Gasteiger partial charge >= 0.3 is 6.09 Å². The fourth-order valence-electron chi connectivity index (χ4n) is 4.95. The number of rotatable bonds is 3. The molecule has 1 aromatic carbocycles. The Bertz CT molecular complexity index is 1090. The maximum absolute atomic E-state index is 13.5. The average Bonchev–Trinajstić information content (AvgIpc) is 3.21. The second kappa shape index (κ2) is 9.29. The summed E-state index contributed by atoms with van der Waals surface area (Å²) in [4.78, 5) is 16.5. The number of alkyl halides is 2. The first-order valence-corrected chi connectivity index (χ1v) is 12.2. The predicted octanol–water partition coefficient (Wildman–Crippen LogP) is 5.00. The van der Waals surface area contributed by atoms with Gasteiger partial charge in [-0.25, -0.2) is 13.6 Å². The van der Waals surface area contributed by atoms with Crippen molar-refractivity contribution in [3.05, 3.63) is 35.0 Å². The zero-order valence-electron chi connectivity index (χ0n) is 20.4. The van der Waals surface area contributed by atoms with Crippen LogP contribution in [0, 0.1) is 0 Å². The van der Waals surface area contributed by atoms with Crippen LogP contribution in [0.25, 0.3) is 0 Å². The Balaban J connectivity index is 1.55. The number of carbonyl (C=O) groups is 1. The number of hydrogen-bond acceptors (Lipinski definition) is 6. The first kappa shape index (κ1) is 23.8. The number of halogens is 2. The fraction of sp³-hybridized carbons (Fsp3) is 0.600. The summed E-state index contributed by atoms with van der Waals surface area (Å²) in [5.74, 6) is 1.24. The molecule has 1 saturated heterocycles. The molecule has 3 aliphatic rings. The molecule has 0 N–H and O–H groups in total. The van der Waals surface area contributed by atoms with Crippen LogP contribution in [0.4, 0.5) is 25.1 Å². The van der Waals surface area contributed by atoms with Crippen LogP contribution in [0.15, 0.2) is 18.2 Å². The molecule has 5 rings (SSSR count). The van der Waals surface area contributed by atoms with Crippen molar-refractivity contribution in [2.45, 2.75) is 64.6 Å². The van der Waals surface area contributed by atoms with Crippen LogP contribution >= 0.6 is 0 Å². The van der Waals surface area contributed by atoms with Crippen molar-refractivity contribution < 1.29 is 27.8 Å². The quantitative estimate of drug-likeness (QED) is 0.604. The zero-order valence-corrected chi connectivity index (χ0v) is 20.4. The van der Waals surface area contributed by atoms with Crippen molar-refractivity contribution in [1.29, 1.82) is 0 Å². The van der Waals surface area contributed by atoms with Gasteiger partial charge in [0, 0.05) is 43.0 Å². The Morgan fingerprint density at radius 3 is 2.66 bits per heavy atom. The number of fused-ring (bicyclic) bond motifs is 2. The number of aromatic nitrogens is 2. The highest BCUT2D eigenvalue weighted by Gasteiger charge is 2.35. The molecule has 0 atom stereocenters. The van der Waals surface area contributed by atoms with E-state index in [-0.39, 0.29) is 17.7 Å². The number of benzene rings is 1. The molecule has 2 aromatic rings. The normalized spacial score (nSPS) is 18.8. The summed E-state index contributed by atoms with van der Waals surface area (Å²) >= 11 is 0. The van der Waals surface area contributed by atoms with E-state index in [0.29, 0.717) is 63.1 Å². The molecule has 0 saturated carbocycles. The van der Waals surface area contributed by atoms with Crippen molar-refractivity contribution in [3.8, 4) is 5.75 Å². The summed E-state index contributed by atoms with van der Waals surface area (Å²) < 4.78 is 46.1. The largest absolute Gasteiger partial charge is 0.490 e. The van der Waals surface area contributed by atoms with Crippen molar-refractivity contribution in [1.82, 2.24) is 14.7 Å². The van der Waals surface area contributed by atoms with Crippen LogP contribution in [0.1, 0.15) is 62.9 Å². The zero-order chi connectivity index (χ0) is 24.7. The molecule has 1 fully saturated rings. The van der Waals surface area contributed by atoms with Crippen LogP contribution in [0.2, 0.25) is 0 Å². The van der Waals surface area contributed by atoms with Crippen LogP contribution in [-0.4, -0.2) is 59.3 Å². The lowest BCUT2D eigenvalue weighted by Gasteiger charge is -2.33. The molecule has 0 bridgehead atoms. The lowest BCUT2D eigenvalue weighted by molar-refractivity contribution is 0.0220. The van der Waals surface area contributed by atoms with Gasteiger partial charge in [-0.15, -0.1) is 0 Å². The molecule has 190 valence electrons. The maximum atomic E-state index is 13.5. The van der Waals surface area contributed by atoms with Crippen LogP contribution < -0.4 is 9.64 Å². The molecule has 8 nitrogen and oxygen atoms in total. The maximum Gasteiger partial charge on any atom is 0.410 e. The minimum Gasteiger partial charge on any atom is -0.490 e. The Hall–Kier alpha value is -2.88. The number of ether oxygens (including phenoxy) is 3. The van der Waals surface area contributed by atoms with Crippen LogP contribution in [0.3, 0.4) is 0 Å². The predicted molar refractivity (Wildman–Crippen MR) is 126 cm³/mol. The molecular weight excluding hydrogens is 458 g/mol. The molecule has 10 heteroatoms. The van der Waals surface area contributed by atoms with Crippen LogP contribution in [0.5, 0.6) is 5.75 Å². The highest BCUT2D eigenvalue weighted by atomic mass is 19.3. The van der Waals surface area contributed by atoms with E-state index in [4.69, 9.17) is 19.3 Å². The van der Waals surface area contributed by atoms with E-state index >= 15 is 0 Å². The highest BCUT2D eigenvalue weighted by Crippen LogP contribution is 2.42. The summed E-state index contributed by atoms with van der Waals surface area (Å²) in [5.41, 5.74) is 1.94. The second-order valence-corrected chi connectivity index (χ2v) is 10.2. The summed E-state index contributed by atoms with van der Waals surface area (Å²) in [7, 11) is 0. The van der Waals surface area contributed by atoms with Crippen LogP contribution in [-0.2, 0) is 22.4 Å². The third-order valence-corrected chi connectivity index (χ3v) is 6.61. The Morgan fingerprint density at radius 2 is 1.94 bits per heavy atom. The van der Waals surface area contributed by atoms with Gasteiger partial charge in [0.2, 0.25) is 0 Å². The molecule has 0 aliphatic carbocycles. The number of nitrogens with zero attached hydrogens (tertiary/aromatic N) is 4. The Kier molecular flexibility index (Phi) is 6.33. The molecule has 4 heterocycles. The smallest absolute Gasteiger partial charge is 0.410 e. The van der Waals surface area contributed by atoms with Gasteiger partial charge in [-0.05, 0) is 51.8 Å². The van der Waals surface area contributed by atoms with Gasteiger partial charge in [-0.3, -0.25) is 4.68 Å². The molecule has 35 heavy (non-hydrogen) atoms. The fourth-order valence-corrected chi connectivity index (χ4v) is 4.95. The number of anilines is 2. The second-order valence-electron chi connectivity index (χ2n) is 10.2. The third kappa shape index (κ3) is 4.80. The monoisotopic (exact) mass is 490 g/mol. The van der Waals surface area contributed by atoms with Crippen molar-refractivity contribution in [2.24, 2.45) is 0 Å². The summed E-state index contributed by atoms with van der Waals surface area (Å²) in [6.07, 6.45) is -0.583. The molecule has 0 unspecified atom stereocenters. The van der Waals surface area contributed by atoms with E-state index in [1.54, 1.807) is 11.0 Å². The summed E-state index contributed by atoms with van der Waals surface area (Å²) in [6.45, 7) is 8.67. The highest BCUT2D eigenvalue weighted by molar-refractivity contribution is 5.73. The molecule has 3 aliphatic heterocycles. The molecule has 1 aromatic heterocycles. The van der Waals surface area contributed by atoms with E-state index in [2.05, 4.69) is 4.68 Å². The van der Waals surface area contributed by atoms with Crippen molar-refractivity contribution in [3.63, 3.8) is 0 Å². The van der Waals surface area contributed by atoms with Gasteiger partial charge in [0.25, 0.3) is 6.43 Å². The molecule has 0 spiro atoms. The van der Waals surface area contributed by atoms with Crippen molar-refractivity contribution >= 4 is 17.6 Å². The first-order valence-electron chi connectivity index (χ1n) is 12.2. The minimum atomic E-state index is -2.58. The standard InChI is InChI=1S/C25H32F2N4O4/c1-25(2,3)35-24(32)29-9-6-19-18(15-29)23(28-31(19)17-7-11-33-12-8-17)30-10-13-34-21-5-4-16(22(26)27)14-20(21)30/h4-5,14,17,22H,6-13,15H2,1-3H3. The number of carbonyl (C=O) groups excluding carboxylic acids is 1. The molecular formula is C25H32F2N4O4. The lowest BCUT2D eigenvalue weighted by Crippen LogP contribution is -2.40. The Labute approximate surface area is 203 Å². The lowest BCUT2D eigenvalue weighted by atomic mass is 10.0. The van der Waals surface area contributed by atoms with Gasteiger partial charge in [-0.2, -0.15) is 5.10 Å². The van der Waals surface area contributed by atoms with E-state index in [1.165, 1.54) is 12.1 Å². The summed E-state index contributed by atoms with van der Waals surface area (Å²) in [6, 6.07) is 4.67. The average molecular weight is 491 g/mol. The summed E-state index contributed by atoms with van der Waals surface area (Å²) in [5, 5.41) is 5.05. The number of amides is 1. The molecule has 0 radical (unpaired) electrons. The SMILES string of the molecule is CC(C)(C)OC(=O)N1CCc2c(c(N3CCOc4ccc(C(F)F)cc43)nn2C2CCOCC2)C1. The van der Waals surface area contributed by atoms with Gasteiger partial charge in [0.1, 0.15) is 18.0 Å². The Morgan fingerprint density at radius 1 is 1.17 bits per heavy atom. The van der Waals surface area contributed by atoms with Gasteiger partial charge in [0.15, 0.2) is 5.82 Å². The third-order valence-electron chi connectivity index (χ3n) is 6.61. The van der Waals surface area contributed by atoms with E-state index in [1.807, 2.05) is 25.7 Å². The van der Waals surface area contributed by atoms with Crippen molar-refractivity contribution in [2.75, 3.05) is 37.8 Å². The molecule has 1 amide bonds. The number of hydrogen-bond donors (Lipinski definition) is 0. The van der Waals surface area contributed by atoms with E-state index in [9.17, 15) is 13.6 Å². The van der Waals surface area contributed by atoms with E-state index < -0.39 is 12.0 Å². The van der Waals surface area contributed by atoms with Gasteiger partial charge < -0.3 is 24.0 Å². The minimum absolute atomic E-state index is 0.0626.